The summed E-state index contributed by atoms with van der Waals surface area (Å²) < 4.78 is 16.9. The Labute approximate surface area is 209 Å². The largest absolute Gasteiger partial charge is 0.504 e. The Morgan fingerprint density at radius 2 is 2.00 bits per heavy atom. The van der Waals surface area contributed by atoms with Crippen molar-refractivity contribution in [3.05, 3.63) is 34.3 Å². The first-order valence-electron chi connectivity index (χ1n) is 12.1. The number of carbonyl (C=O) groups excluding carboxylic acids is 4. The number of aliphatic hydroxyl groups is 2. The van der Waals surface area contributed by atoms with Crippen molar-refractivity contribution in [2.75, 3.05) is 20.3 Å². The van der Waals surface area contributed by atoms with Crippen LogP contribution in [0.15, 0.2) is 34.3 Å². The number of hydrogen-bond acceptors (Lipinski definition) is 10. The molecule has 196 valence electrons. The number of carbonyl (C=O) groups is 4. The molecule has 3 aliphatic carbocycles. The van der Waals surface area contributed by atoms with Crippen LogP contribution < -0.4 is 5.32 Å². The van der Waals surface area contributed by atoms with E-state index in [1.807, 2.05) is 0 Å². The summed E-state index contributed by atoms with van der Waals surface area (Å²) in [4.78, 5) is 52.0. The average Bonchev–Trinajstić information content (AvgIpc) is 3.11. The van der Waals surface area contributed by atoms with Gasteiger partial charge in [0.1, 0.15) is 18.0 Å². The van der Waals surface area contributed by atoms with Crippen LogP contribution in [0.4, 0.5) is 0 Å². The fraction of sp³-hybridized carbons (Fsp3) is 0.615. The van der Waals surface area contributed by atoms with E-state index in [9.17, 15) is 29.4 Å². The minimum absolute atomic E-state index is 0.0188. The second-order valence-electron chi connectivity index (χ2n) is 10.5. The molecule has 0 aromatic heterocycles. The number of cyclic esters (lactones) is 1. The lowest BCUT2D eigenvalue weighted by atomic mass is 9.53. The summed E-state index contributed by atoms with van der Waals surface area (Å²) in [5.74, 6) is -3.14. The number of rotatable bonds is 6. The first-order chi connectivity index (χ1) is 16.9. The Balaban J connectivity index is 2.00. The molecule has 0 bridgehead atoms. The number of nitrogens with one attached hydrogen (secondary N) is 1. The van der Waals surface area contributed by atoms with Gasteiger partial charge in [-0.3, -0.25) is 14.4 Å². The molecule has 0 amide bonds. The van der Waals surface area contributed by atoms with Crippen molar-refractivity contribution in [1.29, 1.82) is 0 Å². The van der Waals surface area contributed by atoms with Gasteiger partial charge < -0.3 is 29.7 Å². The standard InChI is InChI=1S/C26H33NO9/c1-12(10-28)27-9-14-20-23(32)22(31)19-15-6-7-17(30)25(15,3)8-16(35-13(2)29)21(19)26(20,4)18(11-34-5)36-24(14)33/h9,12,15-16,18,27-28,32H,6-8,10-11H2,1-5H3/b14-9-/t12-,15-,16+,18+,25-,26-/m0/s1. The molecule has 4 aliphatic rings. The molecule has 3 N–H and O–H groups in total. The molecule has 0 aromatic rings. The third-order valence-electron chi connectivity index (χ3n) is 8.21. The van der Waals surface area contributed by atoms with Gasteiger partial charge in [0.25, 0.3) is 0 Å². The van der Waals surface area contributed by atoms with Crippen LogP contribution in [0.5, 0.6) is 0 Å². The molecule has 0 radical (unpaired) electrons. The number of ether oxygens (including phenoxy) is 3. The fourth-order valence-corrected chi connectivity index (χ4v) is 6.37. The number of ketones is 2. The van der Waals surface area contributed by atoms with Crippen LogP contribution in [0.1, 0.15) is 47.0 Å². The van der Waals surface area contributed by atoms with Crippen LogP contribution in [0.3, 0.4) is 0 Å². The lowest BCUT2D eigenvalue weighted by molar-refractivity contribution is -0.160. The molecule has 1 heterocycles. The van der Waals surface area contributed by atoms with Gasteiger partial charge in [0.05, 0.1) is 24.2 Å². The number of allylic oxidation sites excluding steroid dienone is 1. The van der Waals surface area contributed by atoms with Crippen LogP contribution in [0.25, 0.3) is 0 Å². The summed E-state index contributed by atoms with van der Waals surface area (Å²) in [6.07, 6.45) is 0.312. The molecular formula is C26H33NO9. The van der Waals surface area contributed by atoms with Gasteiger partial charge in [-0.25, -0.2) is 4.79 Å². The third kappa shape index (κ3) is 3.69. The molecule has 10 heteroatoms. The number of methoxy groups -OCH3 is 1. The second kappa shape index (κ2) is 9.15. The highest BCUT2D eigenvalue weighted by Crippen LogP contribution is 2.62. The Kier molecular flexibility index (Phi) is 6.63. The van der Waals surface area contributed by atoms with E-state index in [0.29, 0.717) is 12.0 Å². The maximum atomic E-state index is 13.8. The lowest BCUT2D eigenvalue weighted by Gasteiger charge is -2.53. The van der Waals surface area contributed by atoms with Crippen molar-refractivity contribution in [3.63, 3.8) is 0 Å². The smallest absolute Gasteiger partial charge is 0.340 e. The predicted octanol–water partition coefficient (Wildman–Crippen LogP) is 1.43. The number of hydrogen-bond donors (Lipinski definition) is 3. The van der Waals surface area contributed by atoms with Gasteiger partial charge in [-0.1, -0.05) is 6.92 Å². The molecule has 0 aromatic carbocycles. The minimum Gasteiger partial charge on any atom is -0.504 e. The fourth-order valence-electron chi connectivity index (χ4n) is 6.37. The molecule has 1 aliphatic heterocycles. The summed E-state index contributed by atoms with van der Waals surface area (Å²) in [6, 6.07) is -0.418. The highest BCUT2D eigenvalue weighted by Gasteiger charge is 2.64. The summed E-state index contributed by atoms with van der Waals surface area (Å²) in [5, 5.41) is 23.6. The molecule has 4 rings (SSSR count). The van der Waals surface area contributed by atoms with Gasteiger partial charge in [0.2, 0.25) is 5.78 Å². The molecule has 10 nitrogen and oxygen atoms in total. The van der Waals surface area contributed by atoms with Crippen molar-refractivity contribution >= 4 is 23.5 Å². The first-order valence-corrected chi connectivity index (χ1v) is 12.1. The van der Waals surface area contributed by atoms with E-state index in [1.54, 1.807) is 20.8 Å². The topological polar surface area (TPSA) is 148 Å². The lowest BCUT2D eigenvalue weighted by Crippen LogP contribution is -2.57. The van der Waals surface area contributed by atoms with E-state index in [-0.39, 0.29) is 48.6 Å². The van der Waals surface area contributed by atoms with Crippen molar-refractivity contribution < 1.29 is 43.6 Å². The zero-order valence-corrected chi connectivity index (χ0v) is 21.2. The van der Waals surface area contributed by atoms with Crippen molar-refractivity contribution in [2.24, 2.45) is 16.7 Å². The van der Waals surface area contributed by atoms with E-state index >= 15 is 0 Å². The normalized spacial score (nSPS) is 35.8. The monoisotopic (exact) mass is 503 g/mol. The Bertz CT molecular complexity index is 1120. The highest BCUT2D eigenvalue weighted by molar-refractivity contribution is 6.14. The van der Waals surface area contributed by atoms with Crippen LogP contribution in [-0.2, 0) is 33.4 Å². The number of Topliss-reactive ketones (excluding diaryl/α,β-unsaturated/α-hetero) is 2. The van der Waals surface area contributed by atoms with Crippen LogP contribution >= 0.6 is 0 Å². The maximum absolute atomic E-state index is 13.8. The first kappa shape index (κ1) is 26.1. The summed E-state index contributed by atoms with van der Waals surface area (Å²) >= 11 is 0. The predicted molar refractivity (Wildman–Crippen MR) is 125 cm³/mol. The molecule has 2 fully saturated rings. The van der Waals surface area contributed by atoms with Crippen LogP contribution in [0, 0.1) is 16.7 Å². The summed E-state index contributed by atoms with van der Waals surface area (Å²) in [6.45, 7) is 6.18. The summed E-state index contributed by atoms with van der Waals surface area (Å²) in [7, 11) is 1.44. The highest BCUT2D eigenvalue weighted by atomic mass is 16.6. The van der Waals surface area contributed by atoms with Gasteiger partial charge in [-0.2, -0.15) is 0 Å². The van der Waals surface area contributed by atoms with E-state index < -0.39 is 58.5 Å². The van der Waals surface area contributed by atoms with E-state index in [0.717, 1.165) is 0 Å². The molecule has 1 saturated heterocycles. The maximum Gasteiger partial charge on any atom is 0.340 e. The second-order valence-corrected chi connectivity index (χ2v) is 10.5. The molecule has 0 spiro atoms. The molecule has 36 heavy (non-hydrogen) atoms. The van der Waals surface area contributed by atoms with Gasteiger partial charge >= 0.3 is 11.9 Å². The van der Waals surface area contributed by atoms with Gasteiger partial charge in [0, 0.05) is 61.6 Å². The zero-order chi connectivity index (χ0) is 26.6. The Hall–Kier alpha value is -2.98. The van der Waals surface area contributed by atoms with Crippen LogP contribution in [0.2, 0.25) is 0 Å². The van der Waals surface area contributed by atoms with E-state index in [4.69, 9.17) is 14.2 Å². The van der Waals surface area contributed by atoms with Crippen molar-refractivity contribution in [2.45, 2.75) is 65.2 Å². The molecule has 1 saturated carbocycles. The number of esters is 2. The van der Waals surface area contributed by atoms with Gasteiger partial charge in [-0.05, 0) is 25.8 Å². The van der Waals surface area contributed by atoms with Gasteiger partial charge in [0.15, 0.2) is 5.76 Å². The number of aliphatic hydroxyl groups excluding tert-OH is 2. The Morgan fingerprint density at radius 3 is 2.61 bits per heavy atom. The van der Waals surface area contributed by atoms with Crippen molar-refractivity contribution in [3.8, 4) is 0 Å². The van der Waals surface area contributed by atoms with E-state index in [1.165, 1.54) is 20.2 Å². The molecule has 0 unspecified atom stereocenters. The average molecular weight is 504 g/mol. The number of fused-ring (bicyclic) bond motifs is 4. The SMILES string of the molecule is COC[C@H]1OC(=O)/C(=C\N[C@@H](C)CO)C2=C(O)C(=O)C3=C([C@H](OC(C)=O)C[C@]4(C)C(=O)CC[C@@H]34)[C@]21C. The molecular weight excluding hydrogens is 470 g/mol. The Morgan fingerprint density at radius 1 is 1.31 bits per heavy atom. The molecule has 6 atom stereocenters. The summed E-state index contributed by atoms with van der Waals surface area (Å²) in [5.41, 5.74) is -1.56. The quantitative estimate of drug-likeness (QED) is 0.359. The minimum atomic E-state index is -1.29. The third-order valence-corrected chi connectivity index (χ3v) is 8.21. The van der Waals surface area contributed by atoms with Crippen LogP contribution in [-0.4, -0.2) is 72.3 Å². The van der Waals surface area contributed by atoms with E-state index in [2.05, 4.69) is 5.32 Å². The zero-order valence-electron chi connectivity index (χ0n) is 21.2. The van der Waals surface area contributed by atoms with Crippen molar-refractivity contribution in [1.82, 2.24) is 5.32 Å². The van der Waals surface area contributed by atoms with Gasteiger partial charge in [-0.15, -0.1) is 0 Å².